The summed E-state index contributed by atoms with van der Waals surface area (Å²) in [6.45, 7) is 1.85. The van der Waals surface area contributed by atoms with E-state index in [0.29, 0.717) is 5.69 Å². The standard InChI is InChI=1S/C12H12N4O3S2/c1-8-13-14-12(21-8)20-7-11(17)15(2)9-3-5-10(6-4-9)16(18)19/h3-6H,7H2,1-2H3. The quantitative estimate of drug-likeness (QED) is 0.477. The number of amides is 1. The molecule has 0 bridgehead atoms. The molecule has 0 atom stereocenters. The number of nitro benzene ring substituents is 1. The summed E-state index contributed by atoms with van der Waals surface area (Å²) in [5.41, 5.74) is 0.609. The average molecular weight is 324 g/mol. The van der Waals surface area contributed by atoms with Crippen molar-refractivity contribution in [1.29, 1.82) is 0 Å². The van der Waals surface area contributed by atoms with Gasteiger partial charge < -0.3 is 4.90 Å². The molecule has 1 aromatic heterocycles. The van der Waals surface area contributed by atoms with Gasteiger partial charge in [0.1, 0.15) is 5.01 Å². The Bertz CT molecular complexity index is 657. The summed E-state index contributed by atoms with van der Waals surface area (Å²) in [5, 5.41) is 19.3. The van der Waals surface area contributed by atoms with E-state index in [2.05, 4.69) is 10.2 Å². The van der Waals surface area contributed by atoms with Crippen LogP contribution in [-0.2, 0) is 4.79 Å². The van der Waals surface area contributed by atoms with Gasteiger partial charge in [-0.2, -0.15) is 0 Å². The number of hydrogen-bond acceptors (Lipinski definition) is 7. The summed E-state index contributed by atoms with van der Waals surface area (Å²) in [6, 6.07) is 5.85. The van der Waals surface area contributed by atoms with Crippen molar-refractivity contribution in [2.75, 3.05) is 17.7 Å². The number of rotatable bonds is 5. The van der Waals surface area contributed by atoms with Gasteiger partial charge in [0.15, 0.2) is 4.34 Å². The second-order valence-electron chi connectivity index (χ2n) is 4.10. The Morgan fingerprint density at radius 3 is 2.57 bits per heavy atom. The molecule has 0 aliphatic carbocycles. The van der Waals surface area contributed by atoms with Crippen LogP contribution in [0.2, 0.25) is 0 Å². The number of carbonyl (C=O) groups excluding carboxylic acids is 1. The van der Waals surface area contributed by atoms with Gasteiger partial charge in [-0.1, -0.05) is 23.1 Å². The Labute approximate surface area is 129 Å². The smallest absolute Gasteiger partial charge is 0.269 e. The Hall–Kier alpha value is -2.00. The van der Waals surface area contributed by atoms with Gasteiger partial charge in [-0.25, -0.2) is 0 Å². The molecule has 0 aliphatic heterocycles. The maximum Gasteiger partial charge on any atom is 0.269 e. The van der Waals surface area contributed by atoms with Crippen LogP contribution in [0.15, 0.2) is 28.6 Å². The van der Waals surface area contributed by atoms with Crippen LogP contribution in [0.25, 0.3) is 0 Å². The molecule has 21 heavy (non-hydrogen) atoms. The van der Waals surface area contributed by atoms with Gasteiger partial charge in [0.2, 0.25) is 5.91 Å². The van der Waals surface area contributed by atoms with E-state index in [9.17, 15) is 14.9 Å². The topological polar surface area (TPSA) is 89.2 Å². The highest BCUT2D eigenvalue weighted by Crippen LogP contribution is 2.23. The third-order valence-electron chi connectivity index (χ3n) is 2.65. The normalized spacial score (nSPS) is 10.4. The zero-order valence-corrected chi connectivity index (χ0v) is 13.0. The second kappa shape index (κ2) is 6.64. The number of carbonyl (C=O) groups is 1. The Kier molecular flexibility index (Phi) is 4.86. The minimum Gasteiger partial charge on any atom is -0.315 e. The van der Waals surface area contributed by atoms with Crippen LogP contribution in [0.3, 0.4) is 0 Å². The summed E-state index contributed by atoms with van der Waals surface area (Å²) in [6.07, 6.45) is 0. The van der Waals surface area contributed by atoms with E-state index in [1.165, 1.54) is 40.1 Å². The molecule has 0 fully saturated rings. The van der Waals surface area contributed by atoms with Gasteiger partial charge in [-0.15, -0.1) is 10.2 Å². The zero-order valence-electron chi connectivity index (χ0n) is 11.3. The minimum absolute atomic E-state index is 0.00157. The van der Waals surface area contributed by atoms with Gasteiger partial charge in [0, 0.05) is 24.9 Å². The maximum atomic E-state index is 12.1. The van der Waals surface area contributed by atoms with E-state index in [1.54, 1.807) is 19.2 Å². The zero-order chi connectivity index (χ0) is 15.4. The van der Waals surface area contributed by atoms with E-state index >= 15 is 0 Å². The van der Waals surface area contributed by atoms with E-state index in [4.69, 9.17) is 0 Å². The van der Waals surface area contributed by atoms with Gasteiger partial charge >= 0.3 is 0 Å². The number of hydrogen-bond donors (Lipinski definition) is 0. The van der Waals surface area contributed by atoms with Crippen LogP contribution >= 0.6 is 23.1 Å². The van der Waals surface area contributed by atoms with Crippen LogP contribution in [0.5, 0.6) is 0 Å². The minimum atomic E-state index is -0.473. The lowest BCUT2D eigenvalue weighted by Gasteiger charge is -2.16. The molecule has 1 heterocycles. The Balaban J connectivity index is 1.96. The molecule has 0 saturated carbocycles. The van der Waals surface area contributed by atoms with Gasteiger partial charge in [0.25, 0.3) is 5.69 Å². The summed E-state index contributed by atoms with van der Waals surface area (Å²) >= 11 is 2.76. The largest absolute Gasteiger partial charge is 0.315 e. The molecule has 0 spiro atoms. The van der Waals surface area contributed by atoms with E-state index in [-0.39, 0.29) is 17.3 Å². The van der Waals surface area contributed by atoms with Gasteiger partial charge in [-0.05, 0) is 19.1 Å². The first kappa shape index (κ1) is 15.4. The fourth-order valence-corrected chi connectivity index (χ4v) is 3.23. The molecule has 0 unspecified atom stereocenters. The van der Waals surface area contributed by atoms with Gasteiger partial charge in [0.05, 0.1) is 10.7 Å². The third-order valence-corrected chi connectivity index (χ3v) is 4.61. The summed E-state index contributed by atoms with van der Waals surface area (Å²) in [5.74, 6) is 0.129. The van der Waals surface area contributed by atoms with Crippen molar-refractivity contribution >= 4 is 40.4 Å². The lowest BCUT2D eigenvalue weighted by molar-refractivity contribution is -0.384. The highest BCUT2D eigenvalue weighted by Gasteiger charge is 2.14. The molecule has 0 aliphatic rings. The van der Waals surface area contributed by atoms with Crippen molar-refractivity contribution in [1.82, 2.24) is 10.2 Å². The molecule has 2 aromatic rings. The molecular weight excluding hydrogens is 312 g/mol. The maximum absolute atomic E-state index is 12.1. The molecule has 7 nitrogen and oxygen atoms in total. The predicted octanol–water partition coefficient (Wildman–Crippen LogP) is 2.51. The lowest BCUT2D eigenvalue weighted by Crippen LogP contribution is -2.27. The van der Waals surface area contributed by atoms with Crippen LogP contribution in [0.1, 0.15) is 5.01 Å². The first-order valence-electron chi connectivity index (χ1n) is 5.91. The highest BCUT2D eigenvalue weighted by atomic mass is 32.2. The molecule has 1 amide bonds. The molecule has 110 valence electrons. The van der Waals surface area contributed by atoms with E-state index in [0.717, 1.165) is 9.35 Å². The summed E-state index contributed by atoms with van der Waals surface area (Å²) in [7, 11) is 1.63. The molecule has 2 rings (SSSR count). The van der Waals surface area contributed by atoms with E-state index in [1.807, 2.05) is 6.92 Å². The van der Waals surface area contributed by atoms with Crippen molar-refractivity contribution in [3.05, 3.63) is 39.4 Å². The molecular formula is C12H12N4O3S2. The lowest BCUT2D eigenvalue weighted by atomic mass is 10.2. The fraction of sp³-hybridized carbons (Fsp3) is 0.250. The van der Waals surface area contributed by atoms with E-state index < -0.39 is 4.92 Å². The fourth-order valence-electron chi connectivity index (χ4n) is 1.50. The molecule has 9 heteroatoms. The first-order chi connectivity index (χ1) is 9.97. The van der Waals surface area contributed by atoms with Crippen molar-refractivity contribution in [3.8, 4) is 0 Å². The van der Waals surface area contributed by atoms with Crippen LogP contribution in [-0.4, -0.2) is 33.8 Å². The van der Waals surface area contributed by atoms with Crippen molar-refractivity contribution in [3.63, 3.8) is 0 Å². The molecule has 1 aromatic carbocycles. The number of nitro groups is 1. The predicted molar refractivity (Wildman–Crippen MR) is 81.9 cm³/mol. The molecule has 0 saturated heterocycles. The number of thioether (sulfide) groups is 1. The highest BCUT2D eigenvalue weighted by molar-refractivity contribution is 8.01. The van der Waals surface area contributed by atoms with Crippen molar-refractivity contribution in [2.24, 2.45) is 0 Å². The SMILES string of the molecule is Cc1nnc(SCC(=O)N(C)c2ccc([N+](=O)[O-])cc2)s1. The summed E-state index contributed by atoms with van der Waals surface area (Å²) < 4.78 is 0.748. The number of non-ortho nitro benzene ring substituents is 1. The number of benzene rings is 1. The Morgan fingerprint density at radius 1 is 1.38 bits per heavy atom. The second-order valence-corrected chi connectivity index (χ2v) is 6.51. The van der Waals surface area contributed by atoms with Gasteiger partial charge in [-0.3, -0.25) is 14.9 Å². The molecule has 0 N–H and O–H groups in total. The average Bonchev–Trinajstić information content (AvgIpc) is 2.89. The van der Waals surface area contributed by atoms with Crippen molar-refractivity contribution < 1.29 is 9.72 Å². The summed E-state index contributed by atoms with van der Waals surface area (Å²) in [4.78, 5) is 23.6. The number of aromatic nitrogens is 2. The third kappa shape index (κ3) is 3.99. The first-order valence-corrected chi connectivity index (χ1v) is 7.71. The van der Waals surface area contributed by atoms with Crippen LogP contribution in [0, 0.1) is 17.0 Å². The number of nitrogens with zero attached hydrogens (tertiary/aromatic N) is 4. The Morgan fingerprint density at radius 2 is 2.05 bits per heavy atom. The molecule has 0 radical (unpaired) electrons. The monoisotopic (exact) mass is 324 g/mol. The number of aryl methyl sites for hydroxylation is 1. The van der Waals surface area contributed by atoms with Crippen LogP contribution < -0.4 is 4.90 Å². The van der Waals surface area contributed by atoms with Crippen LogP contribution in [0.4, 0.5) is 11.4 Å². The van der Waals surface area contributed by atoms with Crippen molar-refractivity contribution in [2.45, 2.75) is 11.3 Å². The number of anilines is 1.